The van der Waals surface area contributed by atoms with Gasteiger partial charge < -0.3 is 26.2 Å². The monoisotopic (exact) mass is 464 g/mol. The molecule has 12 nitrogen and oxygen atoms in total. The van der Waals surface area contributed by atoms with E-state index < -0.39 is 5.97 Å². The number of anilines is 2. The van der Waals surface area contributed by atoms with Crippen molar-refractivity contribution in [2.75, 3.05) is 43.4 Å². The minimum atomic E-state index is -1.10. The molecular formula is C22H24N8O4. The molecule has 3 aromatic rings. The van der Waals surface area contributed by atoms with E-state index in [1.165, 1.54) is 12.4 Å². The first-order chi connectivity index (χ1) is 16.4. The molecule has 2 aromatic heterocycles. The number of nitrogen functional groups attached to an aromatic ring is 1. The number of benzene rings is 1. The average molecular weight is 464 g/mol. The van der Waals surface area contributed by atoms with Gasteiger partial charge in [0.05, 0.1) is 30.0 Å². The van der Waals surface area contributed by atoms with Crippen LogP contribution in [0, 0.1) is 0 Å². The fourth-order valence-corrected chi connectivity index (χ4v) is 3.61. The largest absolute Gasteiger partial charge is 0.507 e. The van der Waals surface area contributed by atoms with Gasteiger partial charge in [0.2, 0.25) is 5.91 Å². The van der Waals surface area contributed by atoms with Crippen LogP contribution in [0.15, 0.2) is 42.7 Å². The summed E-state index contributed by atoms with van der Waals surface area (Å²) in [6.45, 7) is 2.91. The van der Waals surface area contributed by atoms with Crippen LogP contribution in [0.1, 0.15) is 16.2 Å². The van der Waals surface area contributed by atoms with Crippen molar-refractivity contribution < 1.29 is 19.8 Å². The number of carboxylic acids is 1. The number of para-hydroxylation sites is 1. The Bertz CT molecular complexity index is 1180. The molecule has 0 saturated carbocycles. The number of piperazine rings is 1. The zero-order chi connectivity index (χ0) is 24.1. The van der Waals surface area contributed by atoms with Crippen molar-refractivity contribution in [3.05, 3.63) is 54.1 Å². The summed E-state index contributed by atoms with van der Waals surface area (Å²) < 4.78 is 0. The minimum Gasteiger partial charge on any atom is -0.507 e. The number of aromatic hydroxyl groups is 1. The molecule has 0 aliphatic carbocycles. The van der Waals surface area contributed by atoms with Crippen LogP contribution in [-0.2, 0) is 11.3 Å². The van der Waals surface area contributed by atoms with Crippen LogP contribution in [-0.4, -0.2) is 79.9 Å². The van der Waals surface area contributed by atoms with E-state index in [1.807, 2.05) is 17.0 Å². The Balaban J connectivity index is 1.30. The summed E-state index contributed by atoms with van der Waals surface area (Å²) in [4.78, 5) is 35.2. The lowest BCUT2D eigenvalue weighted by Gasteiger charge is -2.36. The van der Waals surface area contributed by atoms with Gasteiger partial charge in [-0.2, -0.15) is 0 Å². The highest BCUT2D eigenvalue weighted by Gasteiger charge is 2.22. The summed E-state index contributed by atoms with van der Waals surface area (Å²) in [5.41, 5.74) is 7.91. The molecule has 1 fully saturated rings. The third kappa shape index (κ3) is 5.35. The number of nitrogens with one attached hydrogen (secondary N) is 1. The van der Waals surface area contributed by atoms with E-state index in [2.05, 4.69) is 30.4 Å². The lowest BCUT2D eigenvalue weighted by molar-refractivity contribution is -0.122. The number of nitrogens with zero attached hydrogens (tertiary/aromatic N) is 6. The molecule has 0 bridgehead atoms. The number of phenols is 1. The number of carboxylic acid groups (broad SMARTS) is 1. The number of aromatic nitrogens is 4. The quantitative estimate of drug-likeness (QED) is 0.380. The topological polar surface area (TPSA) is 171 Å². The fraction of sp³-hybridized carbons (Fsp3) is 0.273. The maximum Gasteiger partial charge on any atom is 0.338 e. The van der Waals surface area contributed by atoms with Gasteiger partial charge in [-0.1, -0.05) is 12.1 Å². The molecule has 0 spiro atoms. The smallest absolute Gasteiger partial charge is 0.338 e. The summed E-state index contributed by atoms with van der Waals surface area (Å²) >= 11 is 0. The van der Waals surface area contributed by atoms with Crippen LogP contribution < -0.4 is 16.0 Å². The van der Waals surface area contributed by atoms with E-state index in [4.69, 9.17) is 10.8 Å². The van der Waals surface area contributed by atoms with E-state index in [0.717, 1.165) is 5.69 Å². The number of phenolic OH excluding ortho intramolecular Hbond substituents is 1. The molecule has 1 aliphatic rings. The third-order valence-corrected chi connectivity index (χ3v) is 5.46. The van der Waals surface area contributed by atoms with Crippen LogP contribution in [0.4, 0.5) is 11.5 Å². The summed E-state index contributed by atoms with van der Waals surface area (Å²) in [6, 6.07) is 8.72. The molecule has 1 aliphatic heterocycles. The SMILES string of the molecule is Nc1nnc(-c2ccccc2O)cc1N1CCN(CC(=O)NCc2ncc(C(=O)O)cn2)CC1. The number of aromatic carboxylic acids is 1. The van der Waals surface area contributed by atoms with Crippen molar-refractivity contribution in [1.29, 1.82) is 0 Å². The Morgan fingerprint density at radius 3 is 2.44 bits per heavy atom. The highest BCUT2D eigenvalue weighted by atomic mass is 16.4. The van der Waals surface area contributed by atoms with Gasteiger partial charge in [-0.25, -0.2) is 14.8 Å². The normalized spacial score (nSPS) is 14.1. The van der Waals surface area contributed by atoms with Crippen LogP contribution >= 0.6 is 0 Å². The van der Waals surface area contributed by atoms with Crippen LogP contribution in [0.2, 0.25) is 0 Å². The summed E-state index contributed by atoms with van der Waals surface area (Å²) in [5, 5.41) is 29.9. The summed E-state index contributed by atoms with van der Waals surface area (Å²) in [6.07, 6.45) is 2.42. The molecule has 1 amide bonds. The van der Waals surface area contributed by atoms with Gasteiger partial charge in [0.1, 0.15) is 11.6 Å². The lowest BCUT2D eigenvalue weighted by atomic mass is 10.1. The van der Waals surface area contributed by atoms with Crippen molar-refractivity contribution in [2.45, 2.75) is 6.54 Å². The van der Waals surface area contributed by atoms with E-state index in [-0.39, 0.29) is 30.3 Å². The number of carbonyl (C=O) groups is 2. The Kier molecular flexibility index (Phi) is 6.78. The second-order valence-corrected chi connectivity index (χ2v) is 7.75. The number of nitrogens with two attached hydrogens (primary N) is 1. The first-order valence-corrected chi connectivity index (χ1v) is 10.6. The first kappa shape index (κ1) is 22.9. The van der Waals surface area contributed by atoms with Gasteiger partial charge >= 0.3 is 5.97 Å². The van der Waals surface area contributed by atoms with Crippen LogP contribution in [0.3, 0.4) is 0 Å². The average Bonchev–Trinajstić information content (AvgIpc) is 2.84. The molecule has 0 atom stereocenters. The Morgan fingerprint density at radius 1 is 1.06 bits per heavy atom. The van der Waals surface area contributed by atoms with Gasteiger partial charge in [-0.15, -0.1) is 10.2 Å². The standard InChI is InChI=1S/C22H24N8O4/c23-21-17(9-16(27-28-21)15-3-1-2-4-18(15)31)30-7-5-29(6-8-30)13-20(32)26-12-19-24-10-14(11-25-19)22(33)34/h1-4,9-11,31H,5-8,12-13H2,(H2,23,28)(H,26,32)(H,33,34). The van der Waals surface area contributed by atoms with Crippen molar-refractivity contribution >= 4 is 23.4 Å². The van der Waals surface area contributed by atoms with Gasteiger partial charge in [-0.3, -0.25) is 9.69 Å². The van der Waals surface area contributed by atoms with E-state index >= 15 is 0 Å². The Labute approximate surface area is 195 Å². The molecule has 1 aromatic carbocycles. The molecule has 0 unspecified atom stereocenters. The maximum absolute atomic E-state index is 12.3. The highest BCUT2D eigenvalue weighted by Crippen LogP contribution is 2.31. The van der Waals surface area contributed by atoms with Gasteiger partial charge in [0, 0.05) is 44.1 Å². The number of carbonyl (C=O) groups excluding carboxylic acids is 1. The lowest BCUT2D eigenvalue weighted by Crippen LogP contribution is -2.49. The molecular weight excluding hydrogens is 440 g/mol. The number of hydrogen-bond acceptors (Lipinski definition) is 10. The molecule has 0 radical (unpaired) electrons. The molecule has 1 saturated heterocycles. The summed E-state index contributed by atoms with van der Waals surface area (Å²) in [7, 11) is 0. The van der Waals surface area contributed by atoms with E-state index in [1.54, 1.807) is 18.2 Å². The van der Waals surface area contributed by atoms with Gasteiger partial charge in [0.15, 0.2) is 5.82 Å². The van der Waals surface area contributed by atoms with E-state index in [9.17, 15) is 14.7 Å². The zero-order valence-electron chi connectivity index (χ0n) is 18.3. The van der Waals surface area contributed by atoms with Crippen LogP contribution in [0.5, 0.6) is 5.75 Å². The Hall–Kier alpha value is -4.32. The Morgan fingerprint density at radius 2 is 1.76 bits per heavy atom. The van der Waals surface area contributed by atoms with Crippen molar-refractivity contribution in [2.24, 2.45) is 0 Å². The predicted octanol–water partition coefficient (Wildman–Crippen LogP) is 0.358. The zero-order valence-corrected chi connectivity index (χ0v) is 18.3. The maximum atomic E-state index is 12.3. The minimum absolute atomic E-state index is 0.00864. The highest BCUT2D eigenvalue weighted by molar-refractivity contribution is 5.86. The van der Waals surface area contributed by atoms with Crippen LogP contribution in [0.25, 0.3) is 11.3 Å². The molecule has 34 heavy (non-hydrogen) atoms. The van der Waals surface area contributed by atoms with Gasteiger partial charge in [0.25, 0.3) is 0 Å². The second kappa shape index (κ2) is 10.1. The van der Waals surface area contributed by atoms with Gasteiger partial charge in [-0.05, 0) is 18.2 Å². The predicted molar refractivity (Wildman–Crippen MR) is 123 cm³/mol. The fourth-order valence-electron chi connectivity index (χ4n) is 3.61. The first-order valence-electron chi connectivity index (χ1n) is 10.6. The number of hydrogen-bond donors (Lipinski definition) is 4. The number of rotatable bonds is 7. The van der Waals surface area contributed by atoms with E-state index in [0.29, 0.717) is 49.1 Å². The molecule has 176 valence electrons. The molecule has 12 heteroatoms. The second-order valence-electron chi connectivity index (χ2n) is 7.75. The molecule has 5 N–H and O–H groups in total. The number of amides is 1. The molecule has 3 heterocycles. The van der Waals surface area contributed by atoms with Crippen molar-refractivity contribution in [1.82, 2.24) is 30.4 Å². The van der Waals surface area contributed by atoms with Crippen molar-refractivity contribution in [3.63, 3.8) is 0 Å². The van der Waals surface area contributed by atoms with Crippen molar-refractivity contribution in [3.8, 4) is 17.0 Å². The third-order valence-electron chi connectivity index (χ3n) is 5.46. The summed E-state index contributed by atoms with van der Waals surface area (Å²) in [5.74, 6) is -0.519. The molecule has 4 rings (SSSR count).